The van der Waals surface area contributed by atoms with Crippen LogP contribution in [0.4, 0.5) is 0 Å². The summed E-state index contributed by atoms with van der Waals surface area (Å²) in [6.45, 7) is 2.59. The maximum absolute atomic E-state index is 2.59. The number of hydrogen-bond acceptors (Lipinski definition) is 0. The van der Waals surface area contributed by atoms with E-state index in [2.05, 4.69) is 6.92 Å². The van der Waals surface area contributed by atoms with Crippen LogP contribution in [0.25, 0.3) is 0 Å². The van der Waals surface area contributed by atoms with E-state index in [1.807, 2.05) is 0 Å². The molecule has 4 aliphatic carbocycles. The van der Waals surface area contributed by atoms with Gasteiger partial charge in [-0.3, -0.25) is 0 Å². The molecular weight excluding hydrogens is 216 g/mol. The summed E-state index contributed by atoms with van der Waals surface area (Å²) < 4.78 is 0. The lowest BCUT2D eigenvalue weighted by Gasteiger charge is -2.39. The Balaban J connectivity index is 1.53. The summed E-state index contributed by atoms with van der Waals surface area (Å²) in [5.41, 5.74) is 0. The van der Waals surface area contributed by atoms with Crippen molar-refractivity contribution in [3.8, 4) is 0 Å². The van der Waals surface area contributed by atoms with Crippen LogP contribution >= 0.6 is 0 Å². The van der Waals surface area contributed by atoms with E-state index in [1.54, 1.807) is 51.4 Å². The van der Waals surface area contributed by atoms with Gasteiger partial charge < -0.3 is 0 Å². The smallest absolute Gasteiger partial charge is 0.0329 e. The third kappa shape index (κ3) is 1.78. The molecule has 0 radical (unpaired) electrons. The van der Waals surface area contributed by atoms with Crippen molar-refractivity contribution in [3.05, 3.63) is 0 Å². The fraction of sp³-hybridized carbons (Fsp3) is 1.00. The highest BCUT2D eigenvalue weighted by Gasteiger charge is 2.50. The molecule has 4 saturated carbocycles. The Kier molecular flexibility index (Phi) is 2.97. The van der Waals surface area contributed by atoms with Gasteiger partial charge in [-0.05, 0) is 60.7 Å². The van der Waals surface area contributed by atoms with Crippen molar-refractivity contribution in [2.75, 3.05) is 0 Å². The Bertz CT molecular complexity index is 301. The molecule has 0 aromatic heterocycles. The molecule has 0 aromatic rings. The van der Waals surface area contributed by atoms with Gasteiger partial charge in [0.1, 0.15) is 0 Å². The highest BCUT2D eigenvalue weighted by Crippen LogP contribution is 2.59. The first kappa shape index (κ1) is 11.8. The fourth-order valence-electron chi connectivity index (χ4n) is 6.80. The minimum absolute atomic E-state index is 1.06. The van der Waals surface area contributed by atoms with Crippen LogP contribution < -0.4 is 0 Å². The zero-order chi connectivity index (χ0) is 12.1. The van der Waals surface area contributed by atoms with Crippen molar-refractivity contribution in [2.45, 2.75) is 71.1 Å². The average molecular weight is 246 g/mol. The zero-order valence-electron chi connectivity index (χ0n) is 12.1. The van der Waals surface area contributed by atoms with Gasteiger partial charge in [-0.25, -0.2) is 0 Å². The van der Waals surface area contributed by atoms with Gasteiger partial charge in [0.2, 0.25) is 0 Å². The quantitative estimate of drug-likeness (QED) is 0.591. The Hall–Kier alpha value is 0. The van der Waals surface area contributed by atoms with Crippen LogP contribution in [0.5, 0.6) is 0 Å². The van der Waals surface area contributed by atoms with Gasteiger partial charge in [-0.15, -0.1) is 0 Å². The minimum atomic E-state index is 1.06. The Labute approximate surface area is 113 Å². The van der Waals surface area contributed by atoms with Crippen molar-refractivity contribution in [1.82, 2.24) is 0 Å². The largest absolute Gasteiger partial charge is 0.0622 e. The van der Waals surface area contributed by atoms with Crippen LogP contribution in [0.15, 0.2) is 0 Å². The van der Waals surface area contributed by atoms with E-state index < -0.39 is 0 Å². The lowest BCUT2D eigenvalue weighted by atomic mass is 9.66. The lowest BCUT2D eigenvalue weighted by Crippen LogP contribution is -2.31. The number of hydrogen-bond donors (Lipinski definition) is 0. The second kappa shape index (κ2) is 4.53. The molecule has 0 aromatic carbocycles. The highest BCUT2D eigenvalue weighted by molar-refractivity contribution is 4.99. The standard InChI is InChI=1S/C18H30/c1-12-9-16-10-14-7-4-8-15(14)11-17(16)18(12)13-5-2-3-6-13/h12-18H,2-11H2,1H3. The van der Waals surface area contributed by atoms with Gasteiger partial charge in [0.05, 0.1) is 0 Å². The van der Waals surface area contributed by atoms with Crippen molar-refractivity contribution < 1.29 is 0 Å². The molecule has 0 saturated heterocycles. The molecule has 102 valence electrons. The first-order valence-electron chi connectivity index (χ1n) is 8.83. The Morgan fingerprint density at radius 2 is 1.28 bits per heavy atom. The maximum atomic E-state index is 2.59. The van der Waals surface area contributed by atoms with Crippen molar-refractivity contribution in [2.24, 2.45) is 41.4 Å². The number of fused-ring (bicyclic) bond motifs is 2. The Morgan fingerprint density at radius 3 is 2.06 bits per heavy atom. The van der Waals surface area contributed by atoms with Gasteiger partial charge in [0, 0.05) is 0 Å². The van der Waals surface area contributed by atoms with Crippen molar-refractivity contribution in [1.29, 1.82) is 0 Å². The molecule has 0 bridgehead atoms. The fourth-order valence-corrected chi connectivity index (χ4v) is 6.80. The van der Waals surface area contributed by atoms with Crippen LogP contribution in [-0.4, -0.2) is 0 Å². The van der Waals surface area contributed by atoms with E-state index in [-0.39, 0.29) is 0 Å². The second-order valence-electron chi connectivity index (χ2n) is 8.18. The summed E-state index contributed by atoms with van der Waals surface area (Å²) in [5, 5.41) is 0. The Morgan fingerprint density at radius 1 is 0.611 bits per heavy atom. The van der Waals surface area contributed by atoms with Crippen LogP contribution in [-0.2, 0) is 0 Å². The molecule has 0 spiro atoms. The molecule has 0 heteroatoms. The van der Waals surface area contributed by atoms with Crippen LogP contribution in [0, 0.1) is 41.4 Å². The molecule has 4 rings (SSSR count). The summed E-state index contributed by atoms with van der Waals surface area (Å²) in [5.74, 6) is 7.93. The molecule has 4 fully saturated rings. The molecule has 6 atom stereocenters. The van der Waals surface area contributed by atoms with Gasteiger partial charge in [-0.1, -0.05) is 51.9 Å². The summed E-state index contributed by atoms with van der Waals surface area (Å²) in [6.07, 6.45) is 15.8. The third-order valence-electron chi connectivity index (χ3n) is 7.37. The molecule has 0 amide bonds. The van der Waals surface area contributed by atoms with Gasteiger partial charge in [0.25, 0.3) is 0 Å². The van der Waals surface area contributed by atoms with Crippen LogP contribution in [0.2, 0.25) is 0 Å². The van der Waals surface area contributed by atoms with Gasteiger partial charge in [0.15, 0.2) is 0 Å². The maximum Gasteiger partial charge on any atom is -0.0329 e. The van der Waals surface area contributed by atoms with Crippen molar-refractivity contribution in [3.63, 3.8) is 0 Å². The zero-order valence-corrected chi connectivity index (χ0v) is 12.1. The predicted molar refractivity (Wildman–Crippen MR) is 76.3 cm³/mol. The number of rotatable bonds is 1. The molecule has 0 heterocycles. The van der Waals surface area contributed by atoms with Crippen molar-refractivity contribution >= 4 is 0 Å². The molecule has 0 aliphatic heterocycles. The first-order valence-corrected chi connectivity index (χ1v) is 8.83. The van der Waals surface area contributed by atoms with Crippen LogP contribution in [0.1, 0.15) is 71.1 Å². The van der Waals surface area contributed by atoms with Gasteiger partial charge in [-0.2, -0.15) is 0 Å². The van der Waals surface area contributed by atoms with E-state index in [1.165, 1.54) is 12.8 Å². The monoisotopic (exact) mass is 246 g/mol. The second-order valence-corrected chi connectivity index (χ2v) is 8.18. The first-order chi connectivity index (χ1) is 8.83. The third-order valence-corrected chi connectivity index (χ3v) is 7.37. The summed E-state index contributed by atoms with van der Waals surface area (Å²) in [6, 6.07) is 0. The van der Waals surface area contributed by atoms with E-state index in [9.17, 15) is 0 Å². The predicted octanol–water partition coefficient (Wildman–Crippen LogP) is 5.28. The molecule has 0 nitrogen and oxygen atoms in total. The normalized spacial score (nSPS) is 52.5. The topological polar surface area (TPSA) is 0 Å². The summed E-state index contributed by atoms with van der Waals surface area (Å²) >= 11 is 0. The molecular formula is C18H30. The molecule has 6 unspecified atom stereocenters. The highest BCUT2D eigenvalue weighted by atomic mass is 14.5. The van der Waals surface area contributed by atoms with Gasteiger partial charge >= 0.3 is 0 Å². The summed E-state index contributed by atoms with van der Waals surface area (Å²) in [4.78, 5) is 0. The molecule has 4 aliphatic rings. The summed E-state index contributed by atoms with van der Waals surface area (Å²) in [7, 11) is 0. The lowest BCUT2D eigenvalue weighted by molar-refractivity contribution is 0.101. The van der Waals surface area contributed by atoms with E-state index in [0.29, 0.717) is 0 Å². The average Bonchev–Trinajstić information content (AvgIpc) is 3.02. The minimum Gasteiger partial charge on any atom is -0.0622 e. The molecule has 0 N–H and O–H groups in total. The SMILES string of the molecule is CC1CC2CC3CCCC3CC2C1C1CCCC1. The van der Waals surface area contributed by atoms with Crippen LogP contribution in [0.3, 0.4) is 0 Å². The van der Waals surface area contributed by atoms with E-state index in [4.69, 9.17) is 0 Å². The van der Waals surface area contributed by atoms with E-state index >= 15 is 0 Å². The van der Waals surface area contributed by atoms with E-state index in [0.717, 1.165) is 41.4 Å². The molecule has 18 heavy (non-hydrogen) atoms.